The summed E-state index contributed by atoms with van der Waals surface area (Å²) in [5.74, 6) is 0. The molecule has 0 aromatic carbocycles. The van der Waals surface area contributed by atoms with Gasteiger partial charge in [0.25, 0.3) is 0 Å². The molecule has 0 bridgehead atoms. The van der Waals surface area contributed by atoms with E-state index in [2.05, 4.69) is 6.42 Å². The molecule has 0 nitrogen and oxygen atoms in total. The second kappa shape index (κ2) is 4990. The second-order valence-corrected chi connectivity index (χ2v) is 0. The number of hydrogen-bond donors (Lipinski definition) is 0. The molecular weight excluding hydrogens is 144 g/mol. The molecule has 0 spiro atoms. The van der Waals surface area contributed by atoms with Crippen molar-refractivity contribution in [3.63, 3.8) is 0 Å². The van der Waals surface area contributed by atoms with Gasteiger partial charge in [0.2, 0.25) is 0 Å². The molecule has 0 amide bonds. The lowest BCUT2D eigenvalue weighted by atomic mass is 11.4. The fraction of sp³-hybridized carbons (Fsp3) is 0.833. The molecule has 0 saturated carbocycles. The van der Waals surface area contributed by atoms with E-state index in [1.807, 2.05) is 0 Å². The van der Waals surface area contributed by atoms with Gasteiger partial charge in [0.05, 0.1) is 0 Å². The number of terminal acetylenes is 1. The molecule has 0 rings (SSSR count). The van der Waals surface area contributed by atoms with Gasteiger partial charge in [-0.05, 0) is 0 Å². The second-order valence-electron chi connectivity index (χ2n) is 0. The molecule has 0 atom stereocenters. The van der Waals surface area contributed by atoms with Crippen LogP contribution in [0.4, 0.5) is 0 Å². The largest absolute Gasteiger partial charge is 0.124 e. The molecule has 0 aliphatic rings. The Bertz CT molecular complexity index is 40.6. The lowest BCUT2D eigenvalue weighted by Crippen LogP contribution is -0.576. The summed E-state index contributed by atoms with van der Waals surface area (Å²) in [6.45, 7) is 0. The van der Waals surface area contributed by atoms with Crippen LogP contribution in [0.25, 0.3) is 0 Å². The van der Waals surface area contributed by atoms with Crippen LogP contribution in [0.15, 0.2) is 0 Å². The van der Waals surface area contributed by atoms with Gasteiger partial charge >= 0.3 is 0 Å². The standard InChI is InChI=1S/C2H2.10CH4/c1-2;;;;;;;;;;/h1-2H;10*1H4/i1T;1T2;;;;;;;;;. The normalized spacial score (nSPS) is 2.42. The molecule has 0 heterocycles. The van der Waals surface area contributed by atoms with Gasteiger partial charge in [-0.25, -0.2) is 0 Å². The Kier molecular flexibility index (Phi) is 42300. The summed E-state index contributed by atoms with van der Waals surface area (Å²) in [6, 6.07) is 0. The Labute approximate surface area is 92.0 Å². The van der Waals surface area contributed by atoms with Crippen LogP contribution in [0.5, 0.6) is 0 Å². The van der Waals surface area contributed by atoms with Gasteiger partial charge in [-0.2, -0.15) is 0 Å². The topological polar surface area (TPSA) is 0 Å². The molecule has 0 aromatic heterocycles. The molecule has 0 aliphatic heterocycles. The SMILES string of the molecule is C.C.C.C.C.C.C.C.C.[3H]C#C.[3H]C[3H]. The summed E-state index contributed by atoms with van der Waals surface area (Å²) in [5.41, 5.74) is 0. The summed E-state index contributed by atoms with van der Waals surface area (Å²) < 4.78 is 17.5. The van der Waals surface area contributed by atoms with Gasteiger partial charge in [-0.3, -0.25) is 0 Å². The maximum atomic E-state index is 5.88. The van der Waals surface area contributed by atoms with Gasteiger partial charge in [-0.15, -0.1) is 12.8 Å². The molecule has 0 aromatic rings. The summed E-state index contributed by atoms with van der Waals surface area (Å²) in [6.07, 6.45) is 5.76. The Morgan fingerprint density at radius 1 is 0.667 bits per heavy atom. The zero-order valence-corrected chi connectivity index (χ0v) is 1.78. The highest BCUT2D eigenvalue weighted by atomic mass is 12.6. The van der Waals surface area contributed by atoms with E-state index in [0.717, 1.165) is 0 Å². The fourth-order valence-electron chi connectivity index (χ4n) is 0. The van der Waals surface area contributed by atoms with Crippen LogP contribution >= 0.6 is 0 Å². The average Bonchev–Trinajstić information content (AvgIpc) is 1.39. The highest BCUT2D eigenvalue weighted by Gasteiger charge is 0.454. The van der Waals surface area contributed by atoms with Crippen LogP contribution in [0.1, 0.15) is 78.3 Å². The monoisotopic (exact) mass is 192 g/mol. The van der Waals surface area contributed by atoms with E-state index in [-0.39, 0.29) is 74.2 Å². The van der Waals surface area contributed by atoms with E-state index in [1.165, 1.54) is 6.40 Å². The summed E-state index contributed by atoms with van der Waals surface area (Å²) in [7, 11) is -0.250. The Morgan fingerprint density at radius 2 is 0.667 bits per heavy atom. The maximum absolute atomic E-state index is 5.88. The molecule has 0 radical (unpaired) electrons. The average molecular weight is 192 g/mol. The molecule has 0 unspecified atom stereocenters. The molecule has 90 valence electrons. The van der Waals surface area contributed by atoms with Crippen LogP contribution in [-0.4, -0.2) is 0 Å². The highest BCUT2D eigenvalue weighted by Crippen LogP contribution is 0.579. The Hall–Kier alpha value is -0.440. The quantitative estimate of drug-likeness (QED) is 0.379. The molecule has 12 heavy (non-hydrogen) atoms. The Balaban J connectivity index is -0.00000000148. The van der Waals surface area contributed by atoms with E-state index < -0.39 is 0 Å². The Morgan fingerprint density at radius 3 is 0.667 bits per heavy atom. The minimum atomic E-state index is -0.250. The molecule has 0 aliphatic carbocycles. The van der Waals surface area contributed by atoms with Gasteiger partial charge in [-0.1, -0.05) is 74.2 Å². The van der Waals surface area contributed by atoms with Crippen molar-refractivity contribution in [2.24, 2.45) is 0 Å². The van der Waals surface area contributed by atoms with Crippen molar-refractivity contribution < 1.29 is 4.11 Å². The van der Waals surface area contributed by atoms with Crippen LogP contribution in [0, 0.1) is 12.8 Å². The molecule has 0 fully saturated rings. The van der Waals surface area contributed by atoms with Crippen LogP contribution < -0.4 is 0 Å². The van der Waals surface area contributed by atoms with Crippen LogP contribution in [-0.2, 0) is 0 Å². The first kappa shape index (κ1) is 102. The van der Waals surface area contributed by atoms with Crippen molar-refractivity contribution in [2.45, 2.75) is 74.2 Å². The van der Waals surface area contributed by atoms with Crippen molar-refractivity contribution in [3.8, 4) is 12.8 Å². The number of hydrogen-bond acceptors (Lipinski definition) is 0. The third-order valence-corrected chi connectivity index (χ3v) is 0. The molecule has 0 heteroatoms. The van der Waals surface area contributed by atoms with Crippen molar-refractivity contribution in [1.29, 1.82) is 0 Å². The lowest BCUT2D eigenvalue weighted by Gasteiger charge is -0.701. The summed E-state index contributed by atoms with van der Waals surface area (Å²) in [4.78, 5) is 0. The fourth-order valence-corrected chi connectivity index (χ4v) is 0. The van der Waals surface area contributed by atoms with E-state index in [1.54, 1.807) is 0 Å². The van der Waals surface area contributed by atoms with Gasteiger partial charge in [0.15, 0.2) is 0 Å². The molecular formula is C12H42. The molecule has 0 saturated heterocycles. The van der Waals surface area contributed by atoms with Gasteiger partial charge in [0, 0.05) is 2.74 Å². The predicted octanol–water partition coefficient (Wildman–Crippen LogP) is 6.61. The van der Waals surface area contributed by atoms with Gasteiger partial charge < -0.3 is 0 Å². The third-order valence-electron chi connectivity index (χ3n) is 0. The van der Waals surface area contributed by atoms with E-state index in [0.29, 0.717) is 0 Å². The summed E-state index contributed by atoms with van der Waals surface area (Å²) in [5, 5.41) is 0. The first-order valence-electron chi connectivity index (χ1n) is 2.20. The van der Waals surface area contributed by atoms with Crippen LogP contribution in [0.2, 0.25) is 0 Å². The van der Waals surface area contributed by atoms with E-state index >= 15 is 0 Å². The van der Waals surface area contributed by atoms with Crippen molar-refractivity contribution >= 4 is 0 Å². The summed E-state index contributed by atoms with van der Waals surface area (Å²) >= 11 is 0. The minimum absolute atomic E-state index is 0. The van der Waals surface area contributed by atoms with E-state index in [9.17, 15) is 0 Å². The number of rotatable bonds is 0. The predicted molar refractivity (Wildman–Crippen MR) is 77.2 cm³/mol. The third kappa shape index (κ3) is 3620. The molecule has 0 N–H and O–H groups in total. The maximum Gasteiger partial charge on any atom is 0.124 e. The van der Waals surface area contributed by atoms with E-state index in [4.69, 9.17) is 4.11 Å². The first-order chi connectivity index (χ1) is 2.83. The lowest BCUT2D eigenvalue weighted by molar-refractivity contribution is 2.50. The van der Waals surface area contributed by atoms with Crippen molar-refractivity contribution in [2.75, 3.05) is 0 Å². The minimum Gasteiger partial charge on any atom is -0.124 e. The first-order valence-corrected chi connectivity index (χ1v) is 0.289. The smallest absolute Gasteiger partial charge is 0.124 e. The zero-order chi connectivity index (χ0) is 5.41. The van der Waals surface area contributed by atoms with Gasteiger partial charge in [0.1, 0.15) is 1.37 Å². The van der Waals surface area contributed by atoms with Crippen LogP contribution in [0.3, 0.4) is 0 Å². The van der Waals surface area contributed by atoms with Crippen molar-refractivity contribution in [1.82, 2.24) is 0 Å². The van der Waals surface area contributed by atoms with Crippen molar-refractivity contribution in [3.05, 3.63) is 0 Å². The highest BCUT2D eigenvalue weighted by molar-refractivity contribution is 4.47. The zero-order valence-electron chi connectivity index (χ0n) is 4.78.